The fourth-order valence-electron chi connectivity index (χ4n) is 3.00. The number of aromatic carboxylic acids is 1. The molecule has 0 amide bonds. The van der Waals surface area contributed by atoms with Crippen LogP contribution in [0.5, 0.6) is 0 Å². The summed E-state index contributed by atoms with van der Waals surface area (Å²) in [6.45, 7) is 4.36. The van der Waals surface area contributed by atoms with E-state index in [0.29, 0.717) is 12.3 Å². The second kappa shape index (κ2) is 6.15. The summed E-state index contributed by atoms with van der Waals surface area (Å²) in [6.07, 6.45) is 1.80. The van der Waals surface area contributed by atoms with Crippen molar-refractivity contribution >= 4 is 17.1 Å². The molecule has 0 aliphatic heterocycles. The summed E-state index contributed by atoms with van der Waals surface area (Å²) >= 11 is 0. The van der Waals surface area contributed by atoms with Crippen LogP contribution in [0.3, 0.4) is 0 Å². The lowest BCUT2D eigenvalue weighted by atomic mass is 10.1. The molecule has 4 rings (SSSR count). The Kier molecular flexibility index (Phi) is 3.80. The maximum absolute atomic E-state index is 11.1. The minimum atomic E-state index is -1.08. The number of rotatable bonds is 4. The van der Waals surface area contributed by atoms with Crippen molar-refractivity contribution in [3.8, 4) is 11.4 Å². The molecule has 0 unspecified atom stereocenters. The molecule has 26 heavy (non-hydrogen) atoms. The van der Waals surface area contributed by atoms with E-state index in [0.717, 1.165) is 33.7 Å². The molecule has 1 N–H and O–H groups in total. The number of aryl methyl sites for hydroxylation is 2. The number of hydrogen-bond acceptors (Lipinski definition) is 4. The molecule has 3 heterocycles. The Morgan fingerprint density at radius 3 is 2.73 bits per heavy atom. The summed E-state index contributed by atoms with van der Waals surface area (Å²) in [5.74, 6) is 0.151. The SMILES string of the molecule is Cc1cccc(-c2nc3cc(C)cnc3n2Cc2ccc(C(=O)O)o2)c1. The topological polar surface area (TPSA) is 81.2 Å². The van der Waals surface area contributed by atoms with Crippen molar-refractivity contribution in [1.29, 1.82) is 0 Å². The van der Waals surface area contributed by atoms with Gasteiger partial charge in [-0.1, -0.05) is 23.8 Å². The van der Waals surface area contributed by atoms with Crippen LogP contribution in [0.1, 0.15) is 27.4 Å². The molecule has 6 nitrogen and oxygen atoms in total. The van der Waals surface area contributed by atoms with Gasteiger partial charge in [-0.15, -0.1) is 0 Å². The standard InChI is InChI=1S/C20H17N3O3/c1-12-4-3-5-14(8-12)18-22-16-9-13(2)10-21-19(16)23(18)11-15-6-7-17(26-15)20(24)25/h3-10H,11H2,1-2H3,(H,24,25). The van der Waals surface area contributed by atoms with Crippen molar-refractivity contribution in [3.63, 3.8) is 0 Å². The Morgan fingerprint density at radius 1 is 1.15 bits per heavy atom. The lowest BCUT2D eigenvalue weighted by Crippen LogP contribution is -2.03. The molecule has 0 aliphatic rings. The lowest BCUT2D eigenvalue weighted by molar-refractivity contribution is 0.0660. The quantitative estimate of drug-likeness (QED) is 0.602. The minimum Gasteiger partial charge on any atom is -0.475 e. The highest BCUT2D eigenvalue weighted by atomic mass is 16.4. The van der Waals surface area contributed by atoms with E-state index in [1.807, 2.05) is 42.7 Å². The average molecular weight is 347 g/mol. The van der Waals surface area contributed by atoms with Gasteiger partial charge >= 0.3 is 5.97 Å². The van der Waals surface area contributed by atoms with Crippen LogP contribution < -0.4 is 0 Å². The number of benzene rings is 1. The molecule has 0 aliphatic carbocycles. The molecule has 4 aromatic rings. The van der Waals surface area contributed by atoms with Crippen LogP contribution in [0.15, 0.2) is 53.1 Å². The zero-order valence-electron chi connectivity index (χ0n) is 14.4. The van der Waals surface area contributed by atoms with Gasteiger partial charge in [0.05, 0.1) is 6.54 Å². The molecule has 6 heteroatoms. The first kappa shape index (κ1) is 16.1. The van der Waals surface area contributed by atoms with E-state index in [1.165, 1.54) is 6.07 Å². The largest absolute Gasteiger partial charge is 0.475 e. The van der Waals surface area contributed by atoms with Crippen LogP contribution in [0.25, 0.3) is 22.6 Å². The van der Waals surface area contributed by atoms with Crippen LogP contribution in [0.2, 0.25) is 0 Å². The van der Waals surface area contributed by atoms with E-state index in [9.17, 15) is 4.79 Å². The normalized spacial score (nSPS) is 11.2. The van der Waals surface area contributed by atoms with E-state index >= 15 is 0 Å². The summed E-state index contributed by atoms with van der Waals surface area (Å²) in [5, 5.41) is 9.06. The first-order valence-corrected chi connectivity index (χ1v) is 8.23. The Morgan fingerprint density at radius 2 is 2.00 bits per heavy atom. The van der Waals surface area contributed by atoms with Crippen LogP contribution in [0.4, 0.5) is 0 Å². The maximum atomic E-state index is 11.1. The van der Waals surface area contributed by atoms with Crippen molar-refractivity contribution in [3.05, 3.63) is 71.3 Å². The molecule has 0 fully saturated rings. The molecule has 130 valence electrons. The first-order chi connectivity index (χ1) is 12.5. The zero-order chi connectivity index (χ0) is 18.3. The Bertz CT molecular complexity index is 1120. The van der Waals surface area contributed by atoms with Crippen LogP contribution >= 0.6 is 0 Å². The fourth-order valence-corrected chi connectivity index (χ4v) is 3.00. The third-order valence-electron chi connectivity index (χ3n) is 4.18. The number of pyridine rings is 1. The van der Waals surface area contributed by atoms with Crippen LogP contribution in [-0.2, 0) is 6.54 Å². The summed E-state index contributed by atoms with van der Waals surface area (Å²) in [6, 6.07) is 13.2. The number of imidazole rings is 1. The maximum Gasteiger partial charge on any atom is 0.371 e. The number of carboxylic acids is 1. The monoisotopic (exact) mass is 347 g/mol. The van der Waals surface area contributed by atoms with Gasteiger partial charge in [-0.25, -0.2) is 14.8 Å². The van der Waals surface area contributed by atoms with E-state index in [4.69, 9.17) is 14.5 Å². The first-order valence-electron chi connectivity index (χ1n) is 8.23. The molecule has 0 radical (unpaired) electrons. The average Bonchev–Trinajstić information content (AvgIpc) is 3.20. The number of aromatic nitrogens is 3. The predicted octanol–water partition coefficient (Wildman–Crippen LogP) is 4.05. The van der Waals surface area contributed by atoms with Gasteiger partial charge in [0.15, 0.2) is 5.65 Å². The zero-order valence-corrected chi connectivity index (χ0v) is 14.4. The van der Waals surface area contributed by atoms with Crippen molar-refractivity contribution in [2.45, 2.75) is 20.4 Å². The van der Waals surface area contributed by atoms with Gasteiger partial charge in [-0.3, -0.25) is 0 Å². The predicted molar refractivity (Wildman–Crippen MR) is 97.2 cm³/mol. The number of fused-ring (bicyclic) bond motifs is 1. The van der Waals surface area contributed by atoms with E-state index in [1.54, 1.807) is 12.3 Å². The third kappa shape index (κ3) is 2.86. The highest BCUT2D eigenvalue weighted by molar-refractivity contribution is 5.84. The van der Waals surface area contributed by atoms with Gasteiger partial charge in [0, 0.05) is 11.8 Å². The summed E-state index contributed by atoms with van der Waals surface area (Å²) in [4.78, 5) is 20.4. The smallest absolute Gasteiger partial charge is 0.371 e. The van der Waals surface area contributed by atoms with Crippen molar-refractivity contribution < 1.29 is 14.3 Å². The van der Waals surface area contributed by atoms with Crippen molar-refractivity contribution in [1.82, 2.24) is 14.5 Å². The summed E-state index contributed by atoms with van der Waals surface area (Å²) in [7, 11) is 0. The molecule has 3 aromatic heterocycles. The number of nitrogens with zero attached hydrogens (tertiary/aromatic N) is 3. The number of carbonyl (C=O) groups is 1. The number of hydrogen-bond donors (Lipinski definition) is 1. The van der Waals surface area contributed by atoms with E-state index < -0.39 is 5.97 Å². The number of carboxylic acid groups (broad SMARTS) is 1. The molecule has 0 spiro atoms. The van der Waals surface area contributed by atoms with Crippen LogP contribution in [0, 0.1) is 13.8 Å². The molecule has 0 bridgehead atoms. The fraction of sp³-hybridized carbons (Fsp3) is 0.150. The molecular formula is C20H17N3O3. The van der Waals surface area contributed by atoms with Gasteiger partial charge in [0.1, 0.15) is 17.1 Å². The second-order valence-electron chi connectivity index (χ2n) is 6.32. The van der Waals surface area contributed by atoms with Gasteiger partial charge in [-0.05, 0) is 43.7 Å². The van der Waals surface area contributed by atoms with E-state index in [2.05, 4.69) is 11.1 Å². The Hall–Kier alpha value is -3.41. The molecule has 0 saturated carbocycles. The second-order valence-corrected chi connectivity index (χ2v) is 6.32. The van der Waals surface area contributed by atoms with E-state index in [-0.39, 0.29) is 5.76 Å². The summed E-state index contributed by atoms with van der Waals surface area (Å²) < 4.78 is 7.38. The summed E-state index contributed by atoms with van der Waals surface area (Å²) in [5.41, 5.74) is 4.68. The molecule has 1 aromatic carbocycles. The van der Waals surface area contributed by atoms with Crippen molar-refractivity contribution in [2.75, 3.05) is 0 Å². The van der Waals surface area contributed by atoms with Gasteiger partial charge in [0.25, 0.3) is 0 Å². The minimum absolute atomic E-state index is 0.0784. The van der Waals surface area contributed by atoms with Crippen molar-refractivity contribution in [2.24, 2.45) is 0 Å². The molecule has 0 saturated heterocycles. The Balaban J connectivity index is 1.87. The third-order valence-corrected chi connectivity index (χ3v) is 4.18. The van der Waals surface area contributed by atoms with Gasteiger partial charge in [-0.2, -0.15) is 0 Å². The lowest BCUT2D eigenvalue weighted by Gasteiger charge is -2.08. The highest BCUT2D eigenvalue weighted by Gasteiger charge is 2.17. The molecular weight excluding hydrogens is 330 g/mol. The van der Waals surface area contributed by atoms with Gasteiger partial charge in [0.2, 0.25) is 5.76 Å². The van der Waals surface area contributed by atoms with Crippen LogP contribution in [-0.4, -0.2) is 25.6 Å². The number of furan rings is 1. The highest BCUT2D eigenvalue weighted by Crippen LogP contribution is 2.26. The van der Waals surface area contributed by atoms with Gasteiger partial charge < -0.3 is 14.1 Å². The molecule has 0 atom stereocenters. The Labute approximate surface area is 149 Å².